The predicted octanol–water partition coefficient (Wildman–Crippen LogP) is 2.82. The van der Waals surface area contributed by atoms with Crippen molar-refractivity contribution in [2.75, 3.05) is 7.11 Å². The van der Waals surface area contributed by atoms with Crippen LogP contribution >= 0.6 is 0 Å². The average molecular weight is 176 g/mol. The lowest BCUT2D eigenvalue weighted by Gasteiger charge is -2.21. The molecule has 1 aliphatic carbocycles. The van der Waals surface area contributed by atoms with E-state index in [1.165, 1.54) is 30.4 Å². The van der Waals surface area contributed by atoms with Gasteiger partial charge < -0.3 is 4.74 Å². The highest BCUT2D eigenvalue weighted by Crippen LogP contribution is 2.27. The third-order valence-corrected chi connectivity index (χ3v) is 2.89. The third kappa shape index (κ3) is 1.69. The molecule has 0 N–H and O–H groups in total. The van der Waals surface area contributed by atoms with Crippen molar-refractivity contribution in [2.45, 2.75) is 26.2 Å². The van der Waals surface area contributed by atoms with Crippen LogP contribution in [0.3, 0.4) is 0 Å². The first-order valence-corrected chi connectivity index (χ1v) is 4.95. The van der Waals surface area contributed by atoms with Crippen molar-refractivity contribution in [1.82, 2.24) is 0 Å². The maximum atomic E-state index is 5.22. The second kappa shape index (κ2) is 3.41. The minimum atomic E-state index is 0.833. The summed E-state index contributed by atoms with van der Waals surface area (Å²) in [6.45, 7) is 2.32. The van der Waals surface area contributed by atoms with Crippen molar-refractivity contribution in [2.24, 2.45) is 5.92 Å². The number of ether oxygens (including phenoxy) is 1. The van der Waals surface area contributed by atoms with E-state index < -0.39 is 0 Å². The Labute approximate surface area is 79.7 Å². The van der Waals surface area contributed by atoms with E-state index in [1.54, 1.807) is 7.11 Å². The van der Waals surface area contributed by atoms with Crippen LogP contribution in [0.25, 0.3) is 0 Å². The van der Waals surface area contributed by atoms with Crippen molar-refractivity contribution < 1.29 is 4.74 Å². The Hall–Kier alpha value is -0.980. The van der Waals surface area contributed by atoms with Crippen molar-refractivity contribution in [3.8, 4) is 5.75 Å². The fourth-order valence-corrected chi connectivity index (χ4v) is 2.04. The van der Waals surface area contributed by atoms with E-state index in [-0.39, 0.29) is 0 Å². The highest BCUT2D eigenvalue weighted by Gasteiger charge is 2.14. The zero-order valence-corrected chi connectivity index (χ0v) is 8.34. The summed E-state index contributed by atoms with van der Waals surface area (Å²) in [6, 6.07) is 6.46. The van der Waals surface area contributed by atoms with Gasteiger partial charge in [-0.1, -0.05) is 13.0 Å². The van der Waals surface area contributed by atoms with Crippen LogP contribution in [0.15, 0.2) is 18.2 Å². The van der Waals surface area contributed by atoms with E-state index in [1.807, 2.05) is 0 Å². The zero-order valence-electron chi connectivity index (χ0n) is 8.34. The first-order chi connectivity index (χ1) is 6.29. The summed E-state index contributed by atoms with van der Waals surface area (Å²) in [5.41, 5.74) is 3.00. The van der Waals surface area contributed by atoms with E-state index in [0.717, 1.165) is 11.7 Å². The van der Waals surface area contributed by atoms with Gasteiger partial charge in [-0.15, -0.1) is 0 Å². The molecule has 0 spiro atoms. The summed E-state index contributed by atoms with van der Waals surface area (Å²) < 4.78 is 5.22. The number of hydrogen-bond donors (Lipinski definition) is 0. The van der Waals surface area contributed by atoms with Crippen LogP contribution in [0.4, 0.5) is 0 Å². The van der Waals surface area contributed by atoms with Gasteiger partial charge in [-0.25, -0.2) is 0 Å². The minimum absolute atomic E-state index is 0.833. The van der Waals surface area contributed by atoms with E-state index in [9.17, 15) is 0 Å². The van der Waals surface area contributed by atoms with Crippen LogP contribution in [0.1, 0.15) is 24.5 Å². The molecule has 0 saturated heterocycles. The smallest absolute Gasteiger partial charge is 0.119 e. The van der Waals surface area contributed by atoms with E-state index in [4.69, 9.17) is 4.74 Å². The number of aryl methyl sites for hydroxylation is 1. The van der Waals surface area contributed by atoms with Crippen LogP contribution in [0.5, 0.6) is 5.75 Å². The first-order valence-electron chi connectivity index (χ1n) is 4.95. The van der Waals surface area contributed by atoms with E-state index in [0.29, 0.717) is 0 Å². The number of rotatable bonds is 1. The van der Waals surface area contributed by atoms with Gasteiger partial charge >= 0.3 is 0 Å². The molecule has 0 amide bonds. The second-order valence-corrected chi connectivity index (χ2v) is 3.98. The summed E-state index contributed by atoms with van der Waals surface area (Å²) >= 11 is 0. The average Bonchev–Trinajstić information content (AvgIpc) is 2.16. The molecule has 70 valence electrons. The molecule has 1 aliphatic rings. The number of methoxy groups -OCH3 is 1. The van der Waals surface area contributed by atoms with E-state index >= 15 is 0 Å². The van der Waals surface area contributed by atoms with E-state index in [2.05, 4.69) is 25.1 Å². The summed E-state index contributed by atoms with van der Waals surface area (Å²) in [5, 5.41) is 0. The van der Waals surface area contributed by atoms with Gasteiger partial charge in [0.15, 0.2) is 0 Å². The Bertz CT molecular complexity index is 304. The highest BCUT2D eigenvalue weighted by atomic mass is 16.5. The molecule has 0 radical (unpaired) electrons. The monoisotopic (exact) mass is 176 g/mol. The molecule has 0 bridgehead atoms. The largest absolute Gasteiger partial charge is 0.497 e. The van der Waals surface area contributed by atoms with Gasteiger partial charge in [0.05, 0.1) is 7.11 Å². The summed E-state index contributed by atoms with van der Waals surface area (Å²) in [6.07, 6.45) is 3.78. The Balaban J connectivity index is 2.32. The molecule has 0 unspecified atom stereocenters. The molecule has 0 heterocycles. The lowest BCUT2D eigenvalue weighted by molar-refractivity contribution is 0.412. The fourth-order valence-electron chi connectivity index (χ4n) is 2.04. The van der Waals surface area contributed by atoms with Gasteiger partial charge in [-0.05, 0) is 48.4 Å². The van der Waals surface area contributed by atoms with Crippen LogP contribution in [-0.2, 0) is 12.8 Å². The predicted molar refractivity (Wildman–Crippen MR) is 54.2 cm³/mol. The van der Waals surface area contributed by atoms with Gasteiger partial charge in [0.1, 0.15) is 5.75 Å². The normalized spacial score (nSPS) is 20.9. The highest BCUT2D eigenvalue weighted by molar-refractivity contribution is 5.37. The number of hydrogen-bond acceptors (Lipinski definition) is 1. The SMILES string of the molecule is COc1ccc2c(c1)C[C@@H](C)CC2. The maximum absolute atomic E-state index is 5.22. The lowest BCUT2D eigenvalue weighted by atomic mass is 9.85. The molecule has 1 atom stereocenters. The zero-order chi connectivity index (χ0) is 9.26. The maximum Gasteiger partial charge on any atom is 0.119 e. The van der Waals surface area contributed by atoms with Crippen LogP contribution < -0.4 is 4.74 Å². The molecule has 0 aliphatic heterocycles. The Kier molecular flexibility index (Phi) is 2.26. The summed E-state index contributed by atoms with van der Waals surface area (Å²) in [5.74, 6) is 1.83. The first kappa shape index (κ1) is 8.61. The summed E-state index contributed by atoms with van der Waals surface area (Å²) in [4.78, 5) is 0. The van der Waals surface area contributed by atoms with Gasteiger partial charge in [-0.2, -0.15) is 0 Å². The Morgan fingerprint density at radius 2 is 2.15 bits per heavy atom. The van der Waals surface area contributed by atoms with Gasteiger partial charge in [0.25, 0.3) is 0 Å². The molecular formula is C12H16O. The summed E-state index contributed by atoms with van der Waals surface area (Å²) in [7, 11) is 1.73. The molecule has 1 heteroatoms. The van der Waals surface area contributed by atoms with Gasteiger partial charge in [0.2, 0.25) is 0 Å². The number of benzene rings is 1. The van der Waals surface area contributed by atoms with Crippen LogP contribution in [-0.4, -0.2) is 7.11 Å². The molecule has 1 aromatic rings. The third-order valence-electron chi connectivity index (χ3n) is 2.89. The fraction of sp³-hybridized carbons (Fsp3) is 0.500. The van der Waals surface area contributed by atoms with Gasteiger partial charge in [0, 0.05) is 0 Å². The quantitative estimate of drug-likeness (QED) is 0.639. The molecule has 13 heavy (non-hydrogen) atoms. The molecule has 0 fully saturated rings. The topological polar surface area (TPSA) is 9.23 Å². The van der Waals surface area contributed by atoms with Crippen molar-refractivity contribution >= 4 is 0 Å². The molecule has 0 saturated carbocycles. The molecule has 2 rings (SSSR count). The number of fused-ring (bicyclic) bond motifs is 1. The lowest BCUT2D eigenvalue weighted by Crippen LogP contribution is -2.11. The molecule has 1 nitrogen and oxygen atoms in total. The second-order valence-electron chi connectivity index (χ2n) is 3.98. The molecular weight excluding hydrogens is 160 g/mol. The minimum Gasteiger partial charge on any atom is -0.497 e. The van der Waals surface area contributed by atoms with Crippen molar-refractivity contribution in [3.63, 3.8) is 0 Å². The van der Waals surface area contributed by atoms with Gasteiger partial charge in [-0.3, -0.25) is 0 Å². The standard InChI is InChI=1S/C12H16O/c1-9-3-4-10-5-6-12(13-2)8-11(10)7-9/h5-6,8-9H,3-4,7H2,1-2H3/t9-/m0/s1. The molecule has 1 aromatic carbocycles. The Morgan fingerprint density at radius 1 is 1.31 bits per heavy atom. The Morgan fingerprint density at radius 3 is 2.92 bits per heavy atom. The molecule has 0 aromatic heterocycles. The van der Waals surface area contributed by atoms with Crippen molar-refractivity contribution in [1.29, 1.82) is 0 Å². The van der Waals surface area contributed by atoms with Crippen LogP contribution in [0, 0.1) is 5.92 Å². The van der Waals surface area contributed by atoms with Crippen LogP contribution in [0.2, 0.25) is 0 Å². The van der Waals surface area contributed by atoms with Crippen molar-refractivity contribution in [3.05, 3.63) is 29.3 Å².